The van der Waals surface area contributed by atoms with E-state index in [0.717, 1.165) is 0 Å². The number of amidine groups is 1. The number of ether oxygens (including phenoxy) is 1. The minimum absolute atomic E-state index is 0.249. The van der Waals surface area contributed by atoms with Gasteiger partial charge in [0.05, 0.1) is 13.1 Å². The molecule has 0 unspecified atom stereocenters. The SMILES string of the molecule is C=C(C)C(=O)OCCN1CCN=C1C=O. The molecule has 0 aromatic heterocycles. The van der Waals surface area contributed by atoms with Gasteiger partial charge >= 0.3 is 5.97 Å². The van der Waals surface area contributed by atoms with Crippen LogP contribution in [0.2, 0.25) is 0 Å². The predicted octanol–water partition coefficient (Wildman–Crippen LogP) is 0.0187. The molecule has 0 amide bonds. The second-order valence-electron chi connectivity index (χ2n) is 3.26. The van der Waals surface area contributed by atoms with Crippen molar-refractivity contribution in [2.45, 2.75) is 6.92 Å². The van der Waals surface area contributed by atoms with Crippen LogP contribution in [-0.2, 0) is 14.3 Å². The van der Waals surface area contributed by atoms with Gasteiger partial charge < -0.3 is 9.64 Å². The summed E-state index contributed by atoms with van der Waals surface area (Å²) in [7, 11) is 0. The fraction of sp³-hybridized carbons (Fsp3) is 0.500. The Labute approximate surface area is 88.4 Å². The molecule has 0 fully saturated rings. The van der Waals surface area contributed by atoms with Crippen LogP contribution in [0.25, 0.3) is 0 Å². The topological polar surface area (TPSA) is 59.0 Å². The number of esters is 1. The molecule has 15 heavy (non-hydrogen) atoms. The van der Waals surface area contributed by atoms with E-state index >= 15 is 0 Å². The average molecular weight is 210 g/mol. The molecule has 0 atom stereocenters. The Morgan fingerprint density at radius 1 is 1.73 bits per heavy atom. The monoisotopic (exact) mass is 210 g/mol. The molecule has 0 aliphatic carbocycles. The van der Waals surface area contributed by atoms with Crippen molar-refractivity contribution in [3.63, 3.8) is 0 Å². The second kappa shape index (κ2) is 5.29. The van der Waals surface area contributed by atoms with Crippen LogP contribution < -0.4 is 0 Å². The molecule has 0 saturated heterocycles. The number of hydrogen-bond acceptors (Lipinski definition) is 5. The number of carbonyl (C=O) groups is 2. The van der Waals surface area contributed by atoms with Crippen LogP contribution in [-0.4, -0.2) is 49.2 Å². The van der Waals surface area contributed by atoms with E-state index < -0.39 is 5.97 Å². The largest absolute Gasteiger partial charge is 0.460 e. The van der Waals surface area contributed by atoms with Crippen molar-refractivity contribution in [3.8, 4) is 0 Å². The van der Waals surface area contributed by atoms with E-state index in [1.54, 1.807) is 11.8 Å². The lowest BCUT2D eigenvalue weighted by molar-refractivity contribution is -0.139. The van der Waals surface area contributed by atoms with Crippen molar-refractivity contribution >= 4 is 18.1 Å². The van der Waals surface area contributed by atoms with Crippen molar-refractivity contribution in [1.29, 1.82) is 0 Å². The predicted molar refractivity (Wildman–Crippen MR) is 55.7 cm³/mol. The summed E-state index contributed by atoms with van der Waals surface area (Å²) < 4.78 is 4.91. The standard InChI is InChI=1S/C10H14N2O3/c1-8(2)10(14)15-6-5-12-4-3-11-9(12)7-13/h7H,1,3-6H2,2H3. The normalized spacial score (nSPS) is 14.7. The second-order valence-corrected chi connectivity index (χ2v) is 3.26. The number of aldehydes is 1. The van der Waals surface area contributed by atoms with Crippen molar-refractivity contribution in [3.05, 3.63) is 12.2 Å². The number of rotatable bonds is 5. The first kappa shape index (κ1) is 11.4. The third-order valence-electron chi connectivity index (χ3n) is 2.02. The fourth-order valence-corrected chi connectivity index (χ4v) is 1.21. The first-order valence-corrected chi connectivity index (χ1v) is 4.72. The van der Waals surface area contributed by atoms with Gasteiger partial charge in [-0.15, -0.1) is 0 Å². The van der Waals surface area contributed by atoms with E-state index in [0.29, 0.717) is 37.3 Å². The molecule has 0 aromatic carbocycles. The highest BCUT2D eigenvalue weighted by Gasteiger charge is 2.15. The molecule has 1 aliphatic heterocycles. The molecular formula is C10H14N2O3. The number of aliphatic imine (C=N–C) groups is 1. The maximum atomic E-state index is 11.0. The van der Waals surface area contributed by atoms with Gasteiger partial charge in [-0.3, -0.25) is 9.79 Å². The molecule has 5 heteroatoms. The molecule has 1 heterocycles. The maximum Gasteiger partial charge on any atom is 0.333 e. The molecule has 5 nitrogen and oxygen atoms in total. The van der Waals surface area contributed by atoms with Crippen molar-refractivity contribution in [2.75, 3.05) is 26.2 Å². The van der Waals surface area contributed by atoms with Crippen LogP contribution in [0.1, 0.15) is 6.92 Å². The third-order valence-corrected chi connectivity index (χ3v) is 2.02. The van der Waals surface area contributed by atoms with Gasteiger partial charge in [-0.2, -0.15) is 0 Å². The molecule has 0 N–H and O–H groups in total. The minimum Gasteiger partial charge on any atom is -0.460 e. The van der Waals surface area contributed by atoms with Crippen LogP contribution in [0.4, 0.5) is 0 Å². The Morgan fingerprint density at radius 2 is 2.47 bits per heavy atom. The summed E-state index contributed by atoms with van der Waals surface area (Å²) >= 11 is 0. The lowest BCUT2D eigenvalue weighted by atomic mass is 10.4. The van der Waals surface area contributed by atoms with Crippen LogP contribution >= 0.6 is 0 Å². The number of hydrogen-bond donors (Lipinski definition) is 0. The van der Waals surface area contributed by atoms with E-state index in [9.17, 15) is 9.59 Å². The van der Waals surface area contributed by atoms with Gasteiger partial charge in [-0.25, -0.2) is 4.79 Å². The zero-order chi connectivity index (χ0) is 11.3. The average Bonchev–Trinajstić information content (AvgIpc) is 2.65. The molecule has 0 aromatic rings. The minimum atomic E-state index is -0.404. The van der Waals surface area contributed by atoms with Crippen molar-refractivity contribution < 1.29 is 14.3 Å². The van der Waals surface area contributed by atoms with E-state index in [-0.39, 0.29) is 6.61 Å². The van der Waals surface area contributed by atoms with Gasteiger partial charge in [0.2, 0.25) is 0 Å². The molecule has 1 aliphatic rings. The van der Waals surface area contributed by atoms with Gasteiger partial charge in [-0.05, 0) is 6.92 Å². The maximum absolute atomic E-state index is 11.0. The summed E-state index contributed by atoms with van der Waals surface area (Å²) in [5, 5.41) is 0. The molecule has 0 radical (unpaired) electrons. The Bertz CT molecular complexity index is 310. The van der Waals surface area contributed by atoms with E-state index in [1.807, 2.05) is 0 Å². The molecule has 0 saturated carbocycles. The van der Waals surface area contributed by atoms with Crippen LogP contribution in [0.3, 0.4) is 0 Å². The summed E-state index contributed by atoms with van der Waals surface area (Å²) in [5.41, 5.74) is 0.376. The van der Waals surface area contributed by atoms with Gasteiger partial charge in [0.1, 0.15) is 6.61 Å². The van der Waals surface area contributed by atoms with E-state index in [1.165, 1.54) is 0 Å². The lowest BCUT2D eigenvalue weighted by Gasteiger charge is -2.16. The summed E-state index contributed by atoms with van der Waals surface area (Å²) in [5.74, 6) is 0.0279. The van der Waals surface area contributed by atoms with Crippen LogP contribution in [0, 0.1) is 0 Å². The van der Waals surface area contributed by atoms with Crippen molar-refractivity contribution in [2.24, 2.45) is 4.99 Å². The van der Waals surface area contributed by atoms with E-state index in [4.69, 9.17) is 4.74 Å². The Kier molecular flexibility index (Phi) is 4.03. The highest BCUT2D eigenvalue weighted by Crippen LogP contribution is 2.00. The smallest absolute Gasteiger partial charge is 0.333 e. The quantitative estimate of drug-likeness (QED) is 0.364. The van der Waals surface area contributed by atoms with Gasteiger partial charge in [0.25, 0.3) is 0 Å². The van der Waals surface area contributed by atoms with Crippen molar-refractivity contribution in [1.82, 2.24) is 4.90 Å². The van der Waals surface area contributed by atoms with Crippen LogP contribution in [0.15, 0.2) is 17.1 Å². The fourth-order valence-electron chi connectivity index (χ4n) is 1.21. The Balaban J connectivity index is 2.26. The first-order chi connectivity index (χ1) is 7.15. The van der Waals surface area contributed by atoms with Gasteiger partial charge in [0.15, 0.2) is 12.1 Å². The zero-order valence-electron chi connectivity index (χ0n) is 8.73. The highest BCUT2D eigenvalue weighted by atomic mass is 16.5. The molecule has 0 bridgehead atoms. The molecule has 0 spiro atoms. The Morgan fingerprint density at radius 3 is 3.07 bits per heavy atom. The summed E-state index contributed by atoms with van der Waals surface area (Å²) in [6, 6.07) is 0. The zero-order valence-corrected chi connectivity index (χ0v) is 8.73. The summed E-state index contributed by atoms with van der Waals surface area (Å²) in [4.78, 5) is 27.3. The first-order valence-electron chi connectivity index (χ1n) is 4.72. The third kappa shape index (κ3) is 3.19. The lowest BCUT2D eigenvalue weighted by Crippen LogP contribution is -2.32. The number of nitrogens with zero attached hydrogens (tertiary/aromatic N) is 2. The molecule has 82 valence electrons. The molecule has 1 rings (SSSR count). The number of carbonyl (C=O) groups excluding carboxylic acids is 2. The molecular weight excluding hydrogens is 196 g/mol. The van der Waals surface area contributed by atoms with E-state index in [2.05, 4.69) is 11.6 Å². The van der Waals surface area contributed by atoms with Crippen LogP contribution in [0.5, 0.6) is 0 Å². The van der Waals surface area contributed by atoms with Gasteiger partial charge in [0, 0.05) is 12.1 Å². The highest BCUT2D eigenvalue weighted by molar-refractivity contribution is 6.27. The summed E-state index contributed by atoms with van der Waals surface area (Å²) in [6.07, 6.45) is 0.716. The summed E-state index contributed by atoms with van der Waals surface area (Å²) in [6.45, 7) is 7.14. The Hall–Kier alpha value is -1.65. The van der Waals surface area contributed by atoms with Gasteiger partial charge in [-0.1, -0.05) is 6.58 Å².